The van der Waals surface area contributed by atoms with Gasteiger partial charge in [0.1, 0.15) is 11.5 Å². The average Bonchev–Trinajstić information content (AvgIpc) is 3.20. The van der Waals surface area contributed by atoms with Crippen molar-refractivity contribution in [3.63, 3.8) is 0 Å². The first-order valence-corrected chi connectivity index (χ1v) is 6.35. The molecule has 1 aromatic carbocycles. The maximum absolute atomic E-state index is 5.65. The van der Waals surface area contributed by atoms with Gasteiger partial charge in [0, 0.05) is 12.1 Å². The molecule has 1 N–H and O–H groups in total. The van der Waals surface area contributed by atoms with E-state index in [2.05, 4.69) is 5.32 Å². The van der Waals surface area contributed by atoms with Gasteiger partial charge >= 0.3 is 0 Å². The molecule has 0 bridgehead atoms. The van der Waals surface area contributed by atoms with E-state index in [1.54, 1.807) is 7.11 Å². The first-order valence-electron chi connectivity index (χ1n) is 6.35. The summed E-state index contributed by atoms with van der Waals surface area (Å²) >= 11 is 0. The molecule has 1 saturated carbocycles. The Kier molecular flexibility index (Phi) is 4.84. The number of nitrogens with one attached hydrogen (secondary N) is 1. The van der Waals surface area contributed by atoms with Gasteiger partial charge in [-0.1, -0.05) is 0 Å². The van der Waals surface area contributed by atoms with E-state index in [-0.39, 0.29) is 0 Å². The number of benzene rings is 1. The fourth-order valence-electron chi connectivity index (χ4n) is 1.76. The third kappa shape index (κ3) is 3.89. The summed E-state index contributed by atoms with van der Waals surface area (Å²) in [5.74, 6) is 2.45. The molecule has 0 radical (unpaired) electrons. The van der Waals surface area contributed by atoms with E-state index in [4.69, 9.17) is 14.2 Å². The third-order valence-electron chi connectivity index (χ3n) is 2.98. The summed E-state index contributed by atoms with van der Waals surface area (Å²) < 4.78 is 16.3. The van der Waals surface area contributed by atoms with Crippen molar-refractivity contribution < 1.29 is 14.2 Å². The van der Waals surface area contributed by atoms with Gasteiger partial charge in [-0.05, 0) is 44.0 Å². The van der Waals surface area contributed by atoms with Gasteiger partial charge in [-0.15, -0.1) is 0 Å². The summed E-state index contributed by atoms with van der Waals surface area (Å²) in [7, 11) is 3.57. The largest absolute Gasteiger partial charge is 0.497 e. The van der Waals surface area contributed by atoms with Crippen LogP contribution in [0.4, 0.5) is 0 Å². The van der Waals surface area contributed by atoms with Crippen LogP contribution in [-0.4, -0.2) is 27.6 Å². The van der Waals surface area contributed by atoms with Crippen molar-refractivity contribution in [1.82, 2.24) is 5.32 Å². The van der Waals surface area contributed by atoms with Gasteiger partial charge < -0.3 is 19.5 Å². The van der Waals surface area contributed by atoms with Gasteiger partial charge in [0.15, 0.2) is 6.79 Å². The molecule has 1 aliphatic rings. The Hall–Kier alpha value is -1.26. The molecule has 100 valence electrons. The fourth-order valence-corrected chi connectivity index (χ4v) is 1.76. The Bertz CT molecular complexity index is 377. The van der Waals surface area contributed by atoms with E-state index in [0.29, 0.717) is 6.79 Å². The molecule has 0 amide bonds. The summed E-state index contributed by atoms with van der Waals surface area (Å²) in [6, 6.07) is 5.80. The molecule has 1 aromatic rings. The molecular weight excluding hydrogens is 230 g/mol. The van der Waals surface area contributed by atoms with Crippen molar-refractivity contribution >= 4 is 0 Å². The lowest BCUT2D eigenvalue weighted by molar-refractivity contribution is 0.00940. The van der Waals surface area contributed by atoms with Gasteiger partial charge in [-0.25, -0.2) is 0 Å². The first kappa shape index (κ1) is 13.2. The monoisotopic (exact) mass is 251 g/mol. The highest BCUT2D eigenvalue weighted by molar-refractivity contribution is 5.40. The Morgan fingerprint density at radius 3 is 2.83 bits per heavy atom. The maximum Gasteiger partial charge on any atom is 0.189 e. The fraction of sp³-hybridized carbons (Fsp3) is 0.571. The molecule has 0 aliphatic heterocycles. The maximum atomic E-state index is 5.65. The molecule has 0 spiro atoms. The lowest BCUT2D eigenvalue weighted by Gasteiger charge is -2.12. The van der Waals surface area contributed by atoms with Crippen molar-refractivity contribution in [1.29, 1.82) is 0 Å². The molecule has 4 nitrogen and oxygen atoms in total. The predicted molar refractivity (Wildman–Crippen MR) is 69.9 cm³/mol. The quantitative estimate of drug-likeness (QED) is 0.568. The predicted octanol–water partition coefficient (Wildman–Crippen LogP) is 2.18. The molecule has 4 heteroatoms. The molecule has 1 fully saturated rings. The van der Waals surface area contributed by atoms with E-state index in [0.717, 1.165) is 36.1 Å². The number of rotatable bonds is 8. The molecular formula is C14H21NO3. The molecule has 0 heterocycles. The number of hydrogen-bond donors (Lipinski definition) is 1. The van der Waals surface area contributed by atoms with Crippen LogP contribution in [-0.2, 0) is 11.3 Å². The van der Waals surface area contributed by atoms with E-state index < -0.39 is 0 Å². The van der Waals surface area contributed by atoms with Crippen LogP contribution in [0.1, 0.15) is 18.4 Å². The highest BCUT2D eigenvalue weighted by Gasteiger charge is 2.21. The van der Waals surface area contributed by atoms with Crippen molar-refractivity contribution in [2.45, 2.75) is 19.4 Å². The van der Waals surface area contributed by atoms with Crippen molar-refractivity contribution in [2.75, 3.05) is 27.6 Å². The second-order valence-corrected chi connectivity index (χ2v) is 4.58. The van der Waals surface area contributed by atoms with Crippen LogP contribution in [0.2, 0.25) is 0 Å². The normalized spacial score (nSPS) is 14.6. The minimum Gasteiger partial charge on any atom is -0.497 e. The summed E-state index contributed by atoms with van der Waals surface area (Å²) in [6.45, 7) is 1.88. The van der Waals surface area contributed by atoms with Crippen molar-refractivity contribution in [2.24, 2.45) is 5.92 Å². The van der Waals surface area contributed by atoms with Crippen molar-refractivity contribution in [3.8, 4) is 11.5 Å². The molecule has 18 heavy (non-hydrogen) atoms. The zero-order chi connectivity index (χ0) is 12.8. The third-order valence-corrected chi connectivity index (χ3v) is 2.98. The summed E-state index contributed by atoms with van der Waals surface area (Å²) in [6.07, 6.45) is 2.60. The van der Waals surface area contributed by atoms with Gasteiger partial charge in [-0.2, -0.15) is 0 Å². The zero-order valence-corrected chi connectivity index (χ0v) is 11.1. The van der Waals surface area contributed by atoms with Crippen LogP contribution in [0.25, 0.3) is 0 Å². The van der Waals surface area contributed by atoms with Crippen LogP contribution < -0.4 is 14.8 Å². The molecule has 0 aromatic heterocycles. The Morgan fingerprint density at radius 2 is 2.17 bits per heavy atom. The van der Waals surface area contributed by atoms with Crippen LogP contribution in [0, 0.1) is 5.92 Å². The van der Waals surface area contributed by atoms with Gasteiger partial charge in [0.05, 0.1) is 13.7 Å². The smallest absolute Gasteiger partial charge is 0.189 e. The summed E-state index contributed by atoms with van der Waals surface area (Å²) in [5.41, 5.74) is 1.08. The molecule has 1 aliphatic carbocycles. The lowest BCUT2D eigenvalue weighted by Crippen LogP contribution is -2.10. The van der Waals surface area contributed by atoms with Crippen LogP contribution in [0.15, 0.2) is 18.2 Å². The van der Waals surface area contributed by atoms with Gasteiger partial charge in [0.2, 0.25) is 0 Å². The number of hydrogen-bond acceptors (Lipinski definition) is 4. The molecule has 0 unspecified atom stereocenters. The van der Waals surface area contributed by atoms with Crippen LogP contribution in [0.3, 0.4) is 0 Å². The molecule has 2 rings (SSSR count). The minimum absolute atomic E-state index is 0.319. The zero-order valence-electron chi connectivity index (χ0n) is 11.1. The average molecular weight is 251 g/mol. The highest BCUT2D eigenvalue weighted by atomic mass is 16.7. The molecule has 0 atom stereocenters. The van der Waals surface area contributed by atoms with E-state index in [1.807, 2.05) is 25.2 Å². The second kappa shape index (κ2) is 6.61. The van der Waals surface area contributed by atoms with Gasteiger partial charge in [-0.3, -0.25) is 0 Å². The van der Waals surface area contributed by atoms with Crippen molar-refractivity contribution in [3.05, 3.63) is 23.8 Å². The van der Waals surface area contributed by atoms with E-state index in [9.17, 15) is 0 Å². The van der Waals surface area contributed by atoms with Gasteiger partial charge in [0.25, 0.3) is 0 Å². The lowest BCUT2D eigenvalue weighted by atomic mass is 10.2. The minimum atomic E-state index is 0.319. The second-order valence-electron chi connectivity index (χ2n) is 4.58. The Balaban J connectivity index is 1.87. The van der Waals surface area contributed by atoms with E-state index >= 15 is 0 Å². The topological polar surface area (TPSA) is 39.7 Å². The number of methoxy groups -OCH3 is 1. The Labute approximate surface area is 108 Å². The molecule has 0 saturated heterocycles. The van der Waals surface area contributed by atoms with E-state index in [1.165, 1.54) is 12.8 Å². The number of ether oxygens (including phenoxy) is 3. The van der Waals surface area contributed by atoms with Crippen LogP contribution >= 0.6 is 0 Å². The highest BCUT2D eigenvalue weighted by Crippen LogP contribution is 2.29. The summed E-state index contributed by atoms with van der Waals surface area (Å²) in [5, 5.41) is 3.12. The first-order chi connectivity index (χ1) is 8.83. The Morgan fingerprint density at radius 1 is 1.33 bits per heavy atom. The summed E-state index contributed by atoms with van der Waals surface area (Å²) in [4.78, 5) is 0. The van der Waals surface area contributed by atoms with Crippen LogP contribution in [0.5, 0.6) is 11.5 Å². The SMILES string of the molecule is CNCc1cc(OC)ccc1OCOCC1CC1. The standard InChI is InChI=1S/C14H21NO3/c1-15-8-12-7-13(16-2)5-6-14(12)18-10-17-9-11-3-4-11/h5-7,11,15H,3-4,8-10H2,1-2H3.